The molecule has 1 fully saturated rings. The van der Waals surface area contributed by atoms with E-state index in [0.29, 0.717) is 24.8 Å². The van der Waals surface area contributed by atoms with E-state index >= 15 is 0 Å². The molecule has 4 rings (SSSR count). The maximum atomic E-state index is 10.00. The van der Waals surface area contributed by atoms with Gasteiger partial charge in [-0.3, -0.25) is 4.90 Å². The molecule has 1 aliphatic rings. The van der Waals surface area contributed by atoms with Crippen molar-refractivity contribution >= 4 is 0 Å². The Bertz CT molecular complexity index is 938. The first-order chi connectivity index (χ1) is 15.2. The van der Waals surface area contributed by atoms with Gasteiger partial charge in [0.15, 0.2) is 11.5 Å². The van der Waals surface area contributed by atoms with E-state index in [-0.39, 0.29) is 6.10 Å². The summed E-state index contributed by atoms with van der Waals surface area (Å²) in [5, 5.41) is 10.00. The van der Waals surface area contributed by atoms with Gasteiger partial charge in [0.05, 0.1) is 20.3 Å². The molecule has 0 bridgehead atoms. The number of aliphatic hydroxyl groups excluding tert-OH is 1. The van der Waals surface area contributed by atoms with Crippen molar-refractivity contribution < 1.29 is 19.3 Å². The van der Waals surface area contributed by atoms with E-state index in [9.17, 15) is 5.11 Å². The number of para-hydroxylation sites is 1. The average Bonchev–Trinajstić information content (AvgIpc) is 3.25. The first-order valence-corrected chi connectivity index (χ1v) is 10.6. The molecule has 5 heteroatoms. The second kappa shape index (κ2) is 9.52. The van der Waals surface area contributed by atoms with Crippen molar-refractivity contribution in [1.29, 1.82) is 0 Å². The molecule has 1 atom stereocenters. The van der Waals surface area contributed by atoms with Gasteiger partial charge in [-0.1, -0.05) is 72.8 Å². The molecule has 0 saturated carbocycles. The number of nitrogens with zero attached hydrogens (tertiary/aromatic N) is 1. The zero-order valence-electron chi connectivity index (χ0n) is 18.0. The molecule has 1 aliphatic heterocycles. The lowest BCUT2D eigenvalue weighted by molar-refractivity contribution is -0.0493. The minimum atomic E-state index is -0.921. The summed E-state index contributed by atoms with van der Waals surface area (Å²) in [5.74, 6) is 1.29. The highest BCUT2D eigenvalue weighted by molar-refractivity contribution is 5.57. The maximum absolute atomic E-state index is 10.00. The van der Waals surface area contributed by atoms with Crippen molar-refractivity contribution in [2.45, 2.75) is 18.1 Å². The molecule has 0 radical (unpaired) electrons. The van der Waals surface area contributed by atoms with E-state index in [1.807, 2.05) is 54.6 Å². The Balaban J connectivity index is 1.92. The standard InChI is InChI=1S/C26H29NO4/c1-29-24-15-9-14-23(25(24)30-2)26(20-10-5-3-6-11-20,21-12-7-4-8-13-21)31-19-27-17-16-22(28)18-27/h3-15,22,28H,16-19H2,1-2H3. The van der Waals surface area contributed by atoms with Crippen LogP contribution < -0.4 is 9.47 Å². The summed E-state index contributed by atoms with van der Waals surface area (Å²) in [6, 6.07) is 26.2. The summed E-state index contributed by atoms with van der Waals surface area (Å²) in [7, 11) is 3.29. The summed E-state index contributed by atoms with van der Waals surface area (Å²) >= 11 is 0. The molecule has 0 aromatic heterocycles. The average molecular weight is 420 g/mol. The molecule has 5 nitrogen and oxygen atoms in total. The summed E-state index contributed by atoms with van der Waals surface area (Å²) in [6.07, 6.45) is 0.452. The lowest BCUT2D eigenvalue weighted by atomic mass is 9.79. The van der Waals surface area contributed by atoms with Crippen LogP contribution in [0.5, 0.6) is 11.5 Å². The second-order valence-corrected chi connectivity index (χ2v) is 7.75. The predicted molar refractivity (Wildman–Crippen MR) is 120 cm³/mol. The molecule has 0 aliphatic carbocycles. The Morgan fingerprint density at radius 2 is 1.52 bits per heavy atom. The number of methoxy groups -OCH3 is 2. The Kier molecular flexibility index (Phi) is 6.56. The van der Waals surface area contributed by atoms with Crippen molar-refractivity contribution in [1.82, 2.24) is 4.90 Å². The third kappa shape index (κ3) is 4.17. The van der Waals surface area contributed by atoms with E-state index in [2.05, 4.69) is 29.2 Å². The van der Waals surface area contributed by atoms with Crippen LogP contribution in [0, 0.1) is 0 Å². The topological polar surface area (TPSA) is 51.2 Å². The van der Waals surface area contributed by atoms with Crippen molar-refractivity contribution in [2.75, 3.05) is 34.0 Å². The Labute approximate surface area is 183 Å². The minimum Gasteiger partial charge on any atom is -0.493 e. The van der Waals surface area contributed by atoms with Crippen LogP contribution in [0.25, 0.3) is 0 Å². The first kappa shape index (κ1) is 21.4. The van der Waals surface area contributed by atoms with E-state index < -0.39 is 5.60 Å². The zero-order chi connectivity index (χ0) is 21.7. The maximum Gasteiger partial charge on any atom is 0.167 e. The van der Waals surface area contributed by atoms with Crippen LogP contribution in [-0.2, 0) is 10.3 Å². The summed E-state index contributed by atoms with van der Waals surface area (Å²) in [6.45, 7) is 1.78. The number of ether oxygens (including phenoxy) is 3. The van der Waals surface area contributed by atoms with Gasteiger partial charge < -0.3 is 19.3 Å². The lowest BCUT2D eigenvalue weighted by Crippen LogP contribution is -2.38. The predicted octanol–water partition coefficient (Wildman–Crippen LogP) is 4.04. The van der Waals surface area contributed by atoms with Crippen LogP contribution >= 0.6 is 0 Å². The second-order valence-electron chi connectivity index (χ2n) is 7.75. The monoisotopic (exact) mass is 419 g/mol. The van der Waals surface area contributed by atoms with Gasteiger partial charge >= 0.3 is 0 Å². The van der Waals surface area contributed by atoms with Crippen LogP contribution in [0.2, 0.25) is 0 Å². The fourth-order valence-electron chi connectivity index (χ4n) is 4.35. The highest BCUT2D eigenvalue weighted by Gasteiger charge is 2.41. The Morgan fingerprint density at radius 3 is 2.03 bits per heavy atom. The number of β-amino-alcohol motifs (C(OH)–C–C–N with tert-alkyl or cyclic N) is 1. The zero-order valence-corrected chi connectivity index (χ0v) is 18.0. The molecule has 3 aromatic rings. The quantitative estimate of drug-likeness (QED) is 0.559. The van der Waals surface area contributed by atoms with Crippen LogP contribution in [0.15, 0.2) is 78.9 Å². The molecule has 1 heterocycles. The molecule has 0 spiro atoms. The third-order valence-electron chi connectivity index (χ3n) is 5.85. The molecular formula is C26H29NO4. The van der Waals surface area contributed by atoms with Crippen molar-refractivity contribution in [2.24, 2.45) is 0 Å². The van der Waals surface area contributed by atoms with Crippen molar-refractivity contribution in [3.8, 4) is 11.5 Å². The number of benzene rings is 3. The molecule has 31 heavy (non-hydrogen) atoms. The molecule has 1 saturated heterocycles. The van der Waals surface area contributed by atoms with Crippen LogP contribution in [0.3, 0.4) is 0 Å². The van der Waals surface area contributed by atoms with Gasteiger partial charge in [-0.15, -0.1) is 0 Å². The normalized spacial score (nSPS) is 16.9. The summed E-state index contributed by atoms with van der Waals surface area (Å²) < 4.78 is 18.3. The molecule has 1 unspecified atom stereocenters. The van der Waals surface area contributed by atoms with Gasteiger partial charge in [-0.05, 0) is 23.6 Å². The van der Waals surface area contributed by atoms with Crippen molar-refractivity contribution in [3.05, 3.63) is 95.6 Å². The van der Waals surface area contributed by atoms with Crippen LogP contribution in [0.4, 0.5) is 0 Å². The summed E-state index contributed by atoms with van der Waals surface area (Å²) in [5.41, 5.74) is 1.93. The smallest absolute Gasteiger partial charge is 0.167 e. The van der Waals surface area contributed by atoms with Gasteiger partial charge in [0, 0.05) is 18.7 Å². The van der Waals surface area contributed by atoms with E-state index in [1.54, 1.807) is 14.2 Å². The molecule has 3 aromatic carbocycles. The molecular weight excluding hydrogens is 390 g/mol. The SMILES string of the molecule is COc1cccc(C(OCN2CCC(O)C2)(c2ccccc2)c2ccccc2)c1OC. The van der Waals surface area contributed by atoms with Gasteiger partial charge in [-0.2, -0.15) is 0 Å². The Morgan fingerprint density at radius 1 is 0.871 bits per heavy atom. The number of hydrogen-bond acceptors (Lipinski definition) is 5. The van der Waals surface area contributed by atoms with Crippen LogP contribution in [0.1, 0.15) is 23.1 Å². The number of aliphatic hydroxyl groups is 1. The van der Waals surface area contributed by atoms with Gasteiger partial charge in [0.2, 0.25) is 0 Å². The first-order valence-electron chi connectivity index (χ1n) is 10.6. The van der Waals surface area contributed by atoms with E-state index in [0.717, 1.165) is 29.7 Å². The molecule has 1 N–H and O–H groups in total. The minimum absolute atomic E-state index is 0.308. The van der Waals surface area contributed by atoms with E-state index in [1.165, 1.54) is 0 Å². The van der Waals surface area contributed by atoms with Gasteiger partial charge in [-0.25, -0.2) is 0 Å². The van der Waals surface area contributed by atoms with Gasteiger partial charge in [0.25, 0.3) is 0 Å². The third-order valence-corrected chi connectivity index (χ3v) is 5.85. The van der Waals surface area contributed by atoms with Crippen molar-refractivity contribution in [3.63, 3.8) is 0 Å². The number of likely N-dealkylation sites (tertiary alicyclic amines) is 1. The Hall–Kier alpha value is -2.86. The van der Waals surface area contributed by atoms with Crippen LogP contribution in [-0.4, -0.2) is 50.2 Å². The fourth-order valence-corrected chi connectivity index (χ4v) is 4.35. The number of hydrogen-bond donors (Lipinski definition) is 1. The highest BCUT2D eigenvalue weighted by Crippen LogP contribution is 2.47. The number of rotatable bonds is 8. The fraction of sp³-hybridized carbons (Fsp3) is 0.308. The van der Waals surface area contributed by atoms with Gasteiger partial charge in [0.1, 0.15) is 12.3 Å². The largest absolute Gasteiger partial charge is 0.493 e. The highest BCUT2D eigenvalue weighted by atomic mass is 16.5. The van der Waals surface area contributed by atoms with E-state index in [4.69, 9.17) is 14.2 Å². The summed E-state index contributed by atoms with van der Waals surface area (Å²) in [4.78, 5) is 2.14. The lowest BCUT2D eigenvalue weighted by Gasteiger charge is -2.38. The molecule has 162 valence electrons. The molecule has 0 amide bonds.